The Morgan fingerprint density at radius 3 is 2.68 bits per heavy atom. The van der Waals surface area contributed by atoms with Crippen LogP contribution in [0.25, 0.3) is 5.57 Å². The van der Waals surface area contributed by atoms with Gasteiger partial charge in [-0.3, -0.25) is 15.0 Å². The van der Waals surface area contributed by atoms with Crippen molar-refractivity contribution >= 4 is 17.4 Å². The highest BCUT2D eigenvalue weighted by molar-refractivity contribution is 5.76. The lowest BCUT2D eigenvalue weighted by Gasteiger charge is -2.35. The van der Waals surface area contributed by atoms with Crippen molar-refractivity contribution in [3.63, 3.8) is 0 Å². The maximum Gasteiger partial charge on any atom is 0.411 e. The number of halogens is 1. The maximum atomic E-state index is 14.2. The number of nitro benzene ring substituents is 1. The number of nitro groups is 1. The zero-order valence-corrected chi connectivity index (χ0v) is 14.5. The van der Waals surface area contributed by atoms with Crippen molar-refractivity contribution in [3.05, 3.63) is 45.8 Å². The van der Waals surface area contributed by atoms with Crippen molar-refractivity contribution in [3.8, 4) is 0 Å². The molecular weight excluding hydrogens is 327 g/mol. The molecule has 2 atom stereocenters. The third kappa shape index (κ3) is 3.50. The fourth-order valence-corrected chi connectivity index (χ4v) is 3.50. The molecule has 7 heteroatoms. The van der Waals surface area contributed by atoms with E-state index in [1.165, 1.54) is 6.07 Å². The van der Waals surface area contributed by atoms with Crippen LogP contribution in [-0.2, 0) is 4.74 Å². The number of nitrogens with zero attached hydrogens (tertiary/aromatic N) is 2. The van der Waals surface area contributed by atoms with E-state index in [1.54, 1.807) is 4.90 Å². The number of rotatable bonds is 2. The number of benzene rings is 1. The van der Waals surface area contributed by atoms with Gasteiger partial charge in [-0.25, -0.2) is 9.18 Å². The molecule has 1 aromatic carbocycles. The summed E-state index contributed by atoms with van der Waals surface area (Å²) in [6, 6.07) is 3.31. The first kappa shape index (κ1) is 17.4. The van der Waals surface area contributed by atoms with Crippen molar-refractivity contribution in [1.29, 1.82) is 0 Å². The molecule has 2 unspecified atom stereocenters. The highest BCUT2D eigenvalue weighted by Crippen LogP contribution is 2.40. The Morgan fingerprint density at radius 2 is 2.08 bits per heavy atom. The summed E-state index contributed by atoms with van der Waals surface area (Å²) in [6.07, 6.45) is 3.53. The fraction of sp³-hybridized carbons (Fsp3) is 0.500. The van der Waals surface area contributed by atoms with E-state index in [9.17, 15) is 19.3 Å². The van der Waals surface area contributed by atoms with Gasteiger partial charge in [-0.15, -0.1) is 0 Å². The van der Waals surface area contributed by atoms with Gasteiger partial charge in [-0.2, -0.15) is 0 Å². The predicted octanol–water partition coefficient (Wildman–Crippen LogP) is 4.29. The second-order valence-corrected chi connectivity index (χ2v) is 7.50. The van der Waals surface area contributed by atoms with Gasteiger partial charge in [0.1, 0.15) is 11.4 Å². The number of non-ortho nitro benzene ring substituents is 1. The van der Waals surface area contributed by atoms with E-state index in [1.807, 2.05) is 26.8 Å². The highest BCUT2D eigenvalue weighted by atomic mass is 19.1. The van der Waals surface area contributed by atoms with Crippen molar-refractivity contribution < 1.29 is 18.8 Å². The number of fused-ring (bicyclic) bond motifs is 2. The van der Waals surface area contributed by atoms with E-state index in [4.69, 9.17) is 4.74 Å². The molecule has 0 N–H and O–H groups in total. The Hall–Kier alpha value is -2.44. The lowest BCUT2D eigenvalue weighted by Crippen LogP contribution is -2.45. The first-order valence-electron chi connectivity index (χ1n) is 8.32. The molecule has 1 aromatic rings. The first-order valence-corrected chi connectivity index (χ1v) is 8.32. The van der Waals surface area contributed by atoms with Gasteiger partial charge in [0.15, 0.2) is 0 Å². The summed E-state index contributed by atoms with van der Waals surface area (Å²) >= 11 is 0. The molecule has 3 rings (SSSR count). The summed E-state index contributed by atoms with van der Waals surface area (Å²) in [5, 5.41) is 11.0. The van der Waals surface area contributed by atoms with Gasteiger partial charge < -0.3 is 4.74 Å². The molecule has 6 nitrogen and oxygen atoms in total. The lowest BCUT2D eigenvalue weighted by atomic mass is 9.94. The van der Waals surface area contributed by atoms with Gasteiger partial charge in [-0.05, 0) is 51.7 Å². The number of carbonyl (C=O) groups excluding carboxylic acids is 1. The largest absolute Gasteiger partial charge is 0.444 e. The van der Waals surface area contributed by atoms with Gasteiger partial charge >= 0.3 is 6.09 Å². The molecular formula is C18H21FN2O4. The van der Waals surface area contributed by atoms with E-state index in [-0.39, 0.29) is 29.4 Å². The molecule has 0 spiro atoms. The molecule has 1 saturated heterocycles. The molecule has 134 valence electrons. The predicted molar refractivity (Wildman–Crippen MR) is 90.5 cm³/mol. The van der Waals surface area contributed by atoms with E-state index in [0.717, 1.165) is 25.0 Å². The minimum atomic E-state index is -0.577. The summed E-state index contributed by atoms with van der Waals surface area (Å²) in [4.78, 5) is 24.6. The SMILES string of the molecule is CC(C)(C)OC(=O)N1C2C=C(c3cc([N+](=O)[O-])ccc3F)CC1CC2. The van der Waals surface area contributed by atoms with Crippen LogP contribution in [0.15, 0.2) is 24.3 Å². The zero-order valence-electron chi connectivity index (χ0n) is 14.5. The standard InChI is InChI=1S/C18H21FN2O4/c1-18(2,3)25-17(22)20-12-4-5-13(20)9-11(8-12)15-10-14(21(23)24)6-7-16(15)19/h6-8,10,12-13H,4-5,9H2,1-3H3. The molecule has 0 radical (unpaired) electrons. The average Bonchev–Trinajstić information content (AvgIpc) is 2.76. The van der Waals surface area contributed by atoms with Gasteiger partial charge in [-0.1, -0.05) is 6.08 Å². The molecule has 0 aliphatic carbocycles. The third-order valence-electron chi connectivity index (χ3n) is 4.51. The van der Waals surface area contributed by atoms with Crippen LogP contribution < -0.4 is 0 Å². The smallest absolute Gasteiger partial charge is 0.411 e. The van der Waals surface area contributed by atoms with Gasteiger partial charge in [0.05, 0.1) is 11.0 Å². The number of carbonyl (C=O) groups is 1. The fourth-order valence-electron chi connectivity index (χ4n) is 3.50. The molecule has 1 fully saturated rings. The van der Waals surface area contributed by atoms with Crippen LogP contribution in [0.1, 0.15) is 45.6 Å². The number of hydrogen-bond donors (Lipinski definition) is 0. The summed E-state index contributed by atoms with van der Waals surface area (Å²) in [7, 11) is 0. The number of amides is 1. The number of ether oxygens (including phenoxy) is 1. The Bertz CT molecular complexity index is 754. The van der Waals surface area contributed by atoms with Crippen molar-refractivity contribution in [1.82, 2.24) is 4.90 Å². The molecule has 2 aliphatic rings. The van der Waals surface area contributed by atoms with Gasteiger partial charge in [0.25, 0.3) is 5.69 Å². The van der Waals surface area contributed by atoms with Crippen LogP contribution in [0.5, 0.6) is 0 Å². The Kier molecular flexibility index (Phi) is 4.26. The normalized spacial score (nSPS) is 22.6. The Morgan fingerprint density at radius 1 is 1.36 bits per heavy atom. The molecule has 2 aliphatic heterocycles. The van der Waals surface area contributed by atoms with Gasteiger partial charge in [0, 0.05) is 23.7 Å². The summed E-state index contributed by atoms with van der Waals surface area (Å²) in [6.45, 7) is 5.45. The van der Waals surface area contributed by atoms with Crippen molar-refractivity contribution in [2.45, 2.75) is 57.7 Å². The molecule has 25 heavy (non-hydrogen) atoms. The summed E-state index contributed by atoms with van der Waals surface area (Å²) in [5.74, 6) is -0.484. The van der Waals surface area contributed by atoms with E-state index in [2.05, 4.69) is 0 Å². The highest BCUT2D eigenvalue weighted by Gasteiger charge is 2.42. The van der Waals surface area contributed by atoms with Crippen LogP contribution in [-0.4, -0.2) is 33.6 Å². The van der Waals surface area contributed by atoms with Crippen LogP contribution in [0.4, 0.5) is 14.9 Å². The van der Waals surface area contributed by atoms with E-state index >= 15 is 0 Å². The van der Waals surface area contributed by atoms with E-state index < -0.39 is 16.3 Å². The molecule has 2 heterocycles. The van der Waals surface area contributed by atoms with Crippen molar-refractivity contribution in [2.75, 3.05) is 0 Å². The Balaban J connectivity index is 1.89. The third-order valence-corrected chi connectivity index (χ3v) is 4.51. The zero-order chi connectivity index (χ0) is 18.4. The second-order valence-electron chi connectivity index (χ2n) is 7.50. The molecule has 0 saturated carbocycles. The minimum Gasteiger partial charge on any atom is -0.444 e. The number of hydrogen-bond acceptors (Lipinski definition) is 4. The van der Waals surface area contributed by atoms with E-state index in [0.29, 0.717) is 12.0 Å². The van der Waals surface area contributed by atoms with Gasteiger partial charge in [0.2, 0.25) is 0 Å². The second kappa shape index (κ2) is 6.13. The topological polar surface area (TPSA) is 72.7 Å². The van der Waals surface area contributed by atoms with Crippen LogP contribution >= 0.6 is 0 Å². The quantitative estimate of drug-likeness (QED) is 0.590. The lowest BCUT2D eigenvalue weighted by molar-refractivity contribution is -0.384. The molecule has 2 bridgehead atoms. The molecule has 1 amide bonds. The summed E-state index contributed by atoms with van der Waals surface area (Å²) < 4.78 is 19.7. The summed E-state index contributed by atoms with van der Waals surface area (Å²) in [5.41, 5.74) is 0.245. The Labute approximate surface area is 145 Å². The minimum absolute atomic E-state index is 0.0708. The monoisotopic (exact) mass is 348 g/mol. The molecule has 0 aromatic heterocycles. The first-order chi connectivity index (χ1) is 11.7. The average molecular weight is 348 g/mol. The van der Waals surface area contributed by atoms with Crippen LogP contribution in [0, 0.1) is 15.9 Å². The maximum absolute atomic E-state index is 14.2. The van der Waals surface area contributed by atoms with Crippen molar-refractivity contribution in [2.24, 2.45) is 0 Å². The van der Waals surface area contributed by atoms with Crippen LogP contribution in [0.2, 0.25) is 0 Å². The van der Waals surface area contributed by atoms with Crippen LogP contribution in [0.3, 0.4) is 0 Å².